The Balaban J connectivity index is 2.93. The van der Waals surface area contributed by atoms with Crippen molar-refractivity contribution in [3.63, 3.8) is 0 Å². The molecule has 0 aromatic carbocycles. The van der Waals surface area contributed by atoms with Crippen LogP contribution in [0, 0.1) is 6.92 Å². The average molecular weight is 189 g/mol. The normalized spacial score (nSPS) is 9.50. The molecule has 0 bridgehead atoms. The molecule has 1 aromatic rings. The number of hydrogen-bond donors (Lipinski definition) is 1. The van der Waals surface area contributed by atoms with Crippen molar-refractivity contribution in [2.75, 3.05) is 0 Å². The van der Waals surface area contributed by atoms with Gasteiger partial charge >= 0.3 is 6.16 Å². The Bertz CT molecular complexity index is 295. The van der Waals surface area contributed by atoms with E-state index in [1.54, 1.807) is 6.92 Å². The van der Waals surface area contributed by atoms with Gasteiger partial charge in [-0.05, 0) is 18.5 Å². The zero-order valence-electron chi connectivity index (χ0n) is 6.11. The van der Waals surface area contributed by atoms with Gasteiger partial charge < -0.3 is 9.84 Å². The summed E-state index contributed by atoms with van der Waals surface area (Å²) < 4.78 is 4.26. The molecule has 1 N–H and O–H groups in total. The van der Waals surface area contributed by atoms with Gasteiger partial charge in [0.25, 0.3) is 0 Å². The molecule has 1 rings (SSSR count). The van der Waals surface area contributed by atoms with Crippen molar-refractivity contribution in [1.82, 2.24) is 9.97 Å². The lowest BCUT2D eigenvalue weighted by atomic mass is 10.4. The zero-order chi connectivity index (χ0) is 9.14. The van der Waals surface area contributed by atoms with Gasteiger partial charge in [-0.2, -0.15) is 4.98 Å². The van der Waals surface area contributed by atoms with E-state index in [0.29, 0.717) is 5.69 Å². The van der Waals surface area contributed by atoms with Gasteiger partial charge in [-0.3, -0.25) is 0 Å². The van der Waals surface area contributed by atoms with Crippen molar-refractivity contribution in [2.45, 2.75) is 6.92 Å². The molecule has 1 heterocycles. The van der Waals surface area contributed by atoms with E-state index in [0.717, 1.165) is 0 Å². The number of aryl methyl sites for hydroxylation is 1. The van der Waals surface area contributed by atoms with Crippen LogP contribution in [0.1, 0.15) is 5.69 Å². The first kappa shape index (κ1) is 8.73. The van der Waals surface area contributed by atoms with Crippen molar-refractivity contribution >= 4 is 17.8 Å². The highest BCUT2D eigenvalue weighted by Crippen LogP contribution is 2.11. The predicted molar refractivity (Wildman–Crippen MR) is 40.4 cm³/mol. The molecule has 0 unspecified atom stereocenters. The molecule has 0 saturated carbocycles. The van der Waals surface area contributed by atoms with Crippen molar-refractivity contribution < 1.29 is 14.6 Å². The van der Waals surface area contributed by atoms with Crippen molar-refractivity contribution in [3.8, 4) is 5.88 Å². The fourth-order valence-electron chi connectivity index (χ4n) is 0.646. The lowest BCUT2D eigenvalue weighted by Gasteiger charge is -1.99. The van der Waals surface area contributed by atoms with E-state index >= 15 is 0 Å². The van der Waals surface area contributed by atoms with Gasteiger partial charge in [-0.15, -0.1) is 0 Å². The minimum atomic E-state index is -1.43. The largest absolute Gasteiger partial charge is 0.512 e. The molecule has 6 heteroatoms. The summed E-state index contributed by atoms with van der Waals surface area (Å²) in [6.07, 6.45) is -1.43. The molecular weight excluding hydrogens is 184 g/mol. The van der Waals surface area contributed by atoms with Gasteiger partial charge in [0.15, 0.2) is 0 Å². The number of carbonyl (C=O) groups is 1. The van der Waals surface area contributed by atoms with E-state index in [9.17, 15) is 4.79 Å². The lowest BCUT2D eigenvalue weighted by Crippen LogP contribution is -2.05. The summed E-state index contributed by atoms with van der Waals surface area (Å²) in [6, 6.07) is 1.38. The second kappa shape index (κ2) is 3.36. The fourth-order valence-corrected chi connectivity index (χ4v) is 0.863. The highest BCUT2D eigenvalue weighted by molar-refractivity contribution is 6.28. The van der Waals surface area contributed by atoms with Gasteiger partial charge in [-0.25, -0.2) is 9.78 Å². The summed E-state index contributed by atoms with van der Waals surface area (Å²) in [5.74, 6) is -0.0694. The second-order valence-electron chi connectivity index (χ2n) is 1.98. The van der Waals surface area contributed by atoms with Crippen LogP contribution in [-0.4, -0.2) is 21.2 Å². The van der Waals surface area contributed by atoms with E-state index in [-0.39, 0.29) is 11.2 Å². The van der Waals surface area contributed by atoms with Gasteiger partial charge in [-0.1, -0.05) is 0 Å². The minimum Gasteiger partial charge on any atom is -0.449 e. The van der Waals surface area contributed by atoms with Crippen molar-refractivity contribution in [2.24, 2.45) is 0 Å². The Morgan fingerprint density at radius 3 is 2.83 bits per heavy atom. The number of rotatable bonds is 1. The predicted octanol–water partition coefficient (Wildman–Crippen LogP) is 1.50. The first-order valence-electron chi connectivity index (χ1n) is 3.00. The molecule has 0 spiro atoms. The van der Waals surface area contributed by atoms with Crippen LogP contribution in [0.25, 0.3) is 0 Å². The van der Waals surface area contributed by atoms with Crippen molar-refractivity contribution in [1.29, 1.82) is 0 Å². The van der Waals surface area contributed by atoms with E-state index in [1.165, 1.54) is 6.07 Å². The molecule has 1 aromatic heterocycles. The molecule has 0 fully saturated rings. The minimum absolute atomic E-state index is 0.0359. The molecule has 0 atom stereocenters. The topological polar surface area (TPSA) is 72.3 Å². The molecule has 5 nitrogen and oxygen atoms in total. The maximum absolute atomic E-state index is 10.1. The third-order valence-electron chi connectivity index (χ3n) is 0.995. The Morgan fingerprint density at radius 1 is 1.67 bits per heavy atom. The number of ether oxygens (including phenoxy) is 1. The highest BCUT2D eigenvalue weighted by atomic mass is 35.5. The maximum atomic E-state index is 10.1. The standard InChI is InChI=1S/C6H5ClN2O3/c1-3-2-4(12-6(10)11)9-5(7)8-3/h2H,1H3,(H,10,11). The molecule has 0 aliphatic rings. The zero-order valence-corrected chi connectivity index (χ0v) is 6.87. The van der Waals surface area contributed by atoms with E-state index in [2.05, 4.69) is 14.7 Å². The maximum Gasteiger partial charge on any atom is 0.512 e. The number of hydrogen-bond acceptors (Lipinski definition) is 4. The fraction of sp³-hybridized carbons (Fsp3) is 0.167. The van der Waals surface area contributed by atoms with Crippen LogP contribution in [0.15, 0.2) is 6.07 Å². The Morgan fingerprint density at radius 2 is 2.33 bits per heavy atom. The molecule has 64 valence electrons. The third-order valence-corrected chi connectivity index (χ3v) is 1.16. The van der Waals surface area contributed by atoms with Gasteiger partial charge in [0.2, 0.25) is 11.2 Å². The summed E-state index contributed by atoms with van der Waals surface area (Å²) in [7, 11) is 0. The van der Waals surface area contributed by atoms with Crippen molar-refractivity contribution in [3.05, 3.63) is 17.0 Å². The number of nitrogens with zero attached hydrogens (tertiary/aromatic N) is 2. The Labute approximate surface area is 73.0 Å². The first-order valence-corrected chi connectivity index (χ1v) is 3.37. The molecular formula is C6H5ClN2O3. The van der Waals surface area contributed by atoms with Crippen LogP contribution < -0.4 is 4.74 Å². The molecule has 12 heavy (non-hydrogen) atoms. The second-order valence-corrected chi connectivity index (χ2v) is 2.32. The van der Waals surface area contributed by atoms with Gasteiger partial charge in [0.05, 0.1) is 0 Å². The summed E-state index contributed by atoms with van der Waals surface area (Å²) in [6.45, 7) is 1.66. The summed E-state index contributed by atoms with van der Waals surface area (Å²) >= 11 is 5.44. The average Bonchev–Trinajstić information content (AvgIpc) is 1.81. The Hall–Kier alpha value is -1.36. The summed E-state index contributed by atoms with van der Waals surface area (Å²) in [4.78, 5) is 17.3. The quantitative estimate of drug-likeness (QED) is 0.534. The molecule has 0 saturated heterocycles. The van der Waals surface area contributed by atoms with Crippen LogP contribution in [-0.2, 0) is 0 Å². The number of carboxylic acid groups (broad SMARTS) is 1. The number of halogens is 1. The molecule has 0 aliphatic heterocycles. The summed E-state index contributed by atoms with van der Waals surface area (Å²) in [5.41, 5.74) is 0.547. The van der Waals surface area contributed by atoms with Crippen LogP contribution in [0.4, 0.5) is 4.79 Å². The van der Waals surface area contributed by atoms with Gasteiger partial charge in [0.1, 0.15) is 0 Å². The third kappa shape index (κ3) is 2.35. The van der Waals surface area contributed by atoms with Crippen LogP contribution in [0.2, 0.25) is 5.28 Å². The van der Waals surface area contributed by atoms with Crippen LogP contribution in [0.3, 0.4) is 0 Å². The molecule has 0 radical (unpaired) electrons. The number of aromatic nitrogens is 2. The SMILES string of the molecule is Cc1cc(OC(=O)O)nc(Cl)n1. The van der Waals surface area contributed by atoms with E-state index in [1.807, 2.05) is 0 Å². The summed E-state index contributed by atoms with van der Waals surface area (Å²) in [5, 5.41) is 8.19. The lowest BCUT2D eigenvalue weighted by molar-refractivity contribution is 0.142. The monoisotopic (exact) mass is 188 g/mol. The highest BCUT2D eigenvalue weighted by Gasteiger charge is 2.04. The van der Waals surface area contributed by atoms with Gasteiger partial charge in [0, 0.05) is 11.8 Å². The van der Waals surface area contributed by atoms with Crippen LogP contribution >= 0.6 is 11.6 Å². The van der Waals surface area contributed by atoms with E-state index < -0.39 is 6.16 Å². The van der Waals surface area contributed by atoms with Crippen LogP contribution in [0.5, 0.6) is 5.88 Å². The Kier molecular flexibility index (Phi) is 2.44. The molecule has 0 aliphatic carbocycles. The smallest absolute Gasteiger partial charge is 0.449 e. The van der Waals surface area contributed by atoms with E-state index in [4.69, 9.17) is 16.7 Å². The molecule has 0 amide bonds. The first-order chi connectivity index (χ1) is 5.58.